The fourth-order valence-corrected chi connectivity index (χ4v) is 3.68. The van der Waals surface area contributed by atoms with Crippen LogP contribution in [0.15, 0.2) is 42.5 Å². The number of ether oxygens (including phenoxy) is 1. The summed E-state index contributed by atoms with van der Waals surface area (Å²) in [5.41, 5.74) is 2.32. The standard InChI is InChI=1S/C22H22N2O5/c25-13-19(26)17-7-8-20-18(11-17)24(21(27)14-29-20)12-15-3-5-16(6-4-15)22(28)23-9-1-2-10-23/h3-8,11,25H,1-2,9-10,12-14H2. The molecular formula is C22H22N2O5. The van der Waals surface area contributed by atoms with Gasteiger partial charge in [-0.1, -0.05) is 12.1 Å². The first-order valence-electron chi connectivity index (χ1n) is 9.66. The minimum absolute atomic E-state index is 0.0361. The molecule has 0 aromatic heterocycles. The van der Waals surface area contributed by atoms with E-state index in [1.807, 2.05) is 17.0 Å². The SMILES string of the molecule is O=C(CO)c1ccc2c(c1)N(Cc1ccc(C(=O)N3CCCC3)cc1)C(=O)CO2. The molecule has 0 aliphatic carbocycles. The number of ketones is 1. The Kier molecular flexibility index (Phi) is 5.31. The molecule has 2 heterocycles. The van der Waals surface area contributed by atoms with Crippen LogP contribution in [-0.4, -0.2) is 53.9 Å². The van der Waals surface area contributed by atoms with Crippen LogP contribution in [0.2, 0.25) is 0 Å². The van der Waals surface area contributed by atoms with E-state index in [-0.39, 0.29) is 18.4 Å². The number of carbonyl (C=O) groups excluding carboxylic acids is 3. The number of hydrogen-bond acceptors (Lipinski definition) is 5. The topological polar surface area (TPSA) is 87.2 Å². The van der Waals surface area contributed by atoms with Crippen LogP contribution in [0.25, 0.3) is 0 Å². The predicted molar refractivity (Wildman–Crippen MR) is 106 cm³/mol. The number of benzene rings is 2. The van der Waals surface area contributed by atoms with Crippen molar-refractivity contribution in [2.45, 2.75) is 19.4 Å². The second kappa shape index (κ2) is 8.05. The highest BCUT2D eigenvalue weighted by molar-refractivity contribution is 6.02. The van der Waals surface area contributed by atoms with E-state index in [1.165, 1.54) is 0 Å². The average molecular weight is 394 g/mol. The fraction of sp³-hybridized carbons (Fsp3) is 0.318. The third-order valence-electron chi connectivity index (χ3n) is 5.30. The van der Waals surface area contributed by atoms with Crippen molar-refractivity contribution in [2.24, 2.45) is 0 Å². The molecule has 0 saturated carbocycles. The summed E-state index contributed by atoms with van der Waals surface area (Å²) in [7, 11) is 0. The lowest BCUT2D eigenvalue weighted by Crippen LogP contribution is -2.38. The quantitative estimate of drug-likeness (QED) is 0.784. The summed E-state index contributed by atoms with van der Waals surface area (Å²) in [5.74, 6) is -0.0900. The maximum Gasteiger partial charge on any atom is 0.265 e. The zero-order valence-corrected chi connectivity index (χ0v) is 16.0. The third kappa shape index (κ3) is 3.86. The van der Waals surface area contributed by atoms with Crippen molar-refractivity contribution in [3.63, 3.8) is 0 Å². The molecule has 150 valence electrons. The average Bonchev–Trinajstić information content (AvgIpc) is 3.30. The molecule has 29 heavy (non-hydrogen) atoms. The van der Waals surface area contributed by atoms with E-state index in [1.54, 1.807) is 35.2 Å². The molecule has 1 fully saturated rings. The first kappa shape index (κ1) is 19.1. The molecule has 2 aliphatic rings. The number of aliphatic hydroxyl groups excluding tert-OH is 1. The van der Waals surface area contributed by atoms with Crippen LogP contribution in [0.5, 0.6) is 5.75 Å². The molecule has 0 unspecified atom stereocenters. The molecule has 7 heteroatoms. The van der Waals surface area contributed by atoms with Crippen LogP contribution in [0.4, 0.5) is 5.69 Å². The van der Waals surface area contributed by atoms with Crippen molar-refractivity contribution in [3.05, 3.63) is 59.2 Å². The zero-order valence-electron chi connectivity index (χ0n) is 16.0. The predicted octanol–water partition coefficient (Wildman–Crippen LogP) is 2.02. The van der Waals surface area contributed by atoms with Gasteiger partial charge in [0.2, 0.25) is 0 Å². The molecule has 0 bridgehead atoms. The molecule has 0 spiro atoms. The molecule has 1 N–H and O–H groups in total. The van der Waals surface area contributed by atoms with Gasteiger partial charge in [-0.2, -0.15) is 0 Å². The highest BCUT2D eigenvalue weighted by Crippen LogP contribution is 2.34. The summed E-state index contributed by atoms with van der Waals surface area (Å²) in [5, 5.41) is 9.10. The number of amides is 2. The van der Waals surface area contributed by atoms with Crippen LogP contribution in [0, 0.1) is 0 Å². The lowest BCUT2D eigenvalue weighted by atomic mass is 10.1. The van der Waals surface area contributed by atoms with Crippen molar-refractivity contribution in [1.82, 2.24) is 4.90 Å². The van der Waals surface area contributed by atoms with E-state index in [9.17, 15) is 14.4 Å². The normalized spacial score (nSPS) is 15.8. The highest BCUT2D eigenvalue weighted by atomic mass is 16.5. The van der Waals surface area contributed by atoms with Gasteiger partial charge in [0.05, 0.1) is 12.2 Å². The van der Waals surface area contributed by atoms with Crippen LogP contribution in [-0.2, 0) is 11.3 Å². The molecular weight excluding hydrogens is 372 g/mol. The van der Waals surface area contributed by atoms with E-state index in [4.69, 9.17) is 9.84 Å². The largest absolute Gasteiger partial charge is 0.482 e. The number of likely N-dealkylation sites (tertiary alicyclic amines) is 1. The summed E-state index contributed by atoms with van der Waals surface area (Å²) in [4.78, 5) is 40.2. The van der Waals surface area contributed by atoms with Crippen molar-refractivity contribution in [1.29, 1.82) is 0 Å². The maximum atomic E-state index is 12.5. The molecule has 0 atom stereocenters. The van der Waals surface area contributed by atoms with Gasteiger partial charge < -0.3 is 19.6 Å². The van der Waals surface area contributed by atoms with Crippen LogP contribution >= 0.6 is 0 Å². The van der Waals surface area contributed by atoms with Gasteiger partial charge in [-0.25, -0.2) is 0 Å². The molecule has 2 aromatic rings. The highest BCUT2D eigenvalue weighted by Gasteiger charge is 2.27. The van der Waals surface area contributed by atoms with Crippen molar-refractivity contribution < 1.29 is 24.2 Å². The minimum Gasteiger partial charge on any atom is -0.482 e. The van der Waals surface area contributed by atoms with Gasteiger partial charge in [0.25, 0.3) is 11.8 Å². The van der Waals surface area contributed by atoms with Crippen LogP contribution in [0.3, 0.4) is 0 Å². The summed E-state index contributed by atoms with van der Waals surface area (Å²) in [6.07, 6.45) is 2.09. The monoisotopic (exact) mass is 394 g/mol. The Labute approximate surface area is 168 Å². The van der Waals surface area contributed by atoms with E-state index >= 15 is 0 Å². The second-order valence-electron chi connectivity index (χ2n) is 7.23. The Hall–Kier alpha value is -3.19. The Bertz CT molecular complexity index is 948. The fourth-order valence-electron chi connectivity index (χ4n) is 3.68. The summed E-state index contributed by atoms with van der Waals surface area (Å²) < 4.78 is 5.46. The van der Waals surface area contributed by atoms with Gasteiger partial charge in [-0.3, -0.25) is 14.4 Å². The molecule has 2 amide bonds. The number of anilines is 1. The van der Waals surface area contributed by atoms with Gasteiger partial charge in [0, 0.05) is 24.2 Å². The smallest absolute Gasteiger partial charge is 0.265 e. The van der Waals surface area contributed by atoms with Crippen molar-refractivity contribution >= 4 is 23.3 Å². The molecule has 2 aromatic carbocycles. The van der Waals surface area contributed by atoms with Gasteiger partial charge in [-0.05, 0) is 48.7 Å². The van der Waals surface area contributed by atoms with E-state index in [2.05, 4.69) is 0 Å². The summed E-state index contributed by atoms with van der Waals surface area (Å²) >= 11 is 0. The van der Waals surface area contributed by atoms with Crippen molar-refractivity contribution in [3.8, 4) is 5.75 Å². The van der Waals surface area contributed by atoms with Crippen LogP contribution in [0.1, 0.15) is 39.1 Å². The number of Topliss-reactive ketones (excluding diaryl/α,β-unsaturated/α-hetero) is 1. The third-order valence-corrected chi connectivity index (χ3v) is 5.30. The molecule has 2 aliphatic heterocycles. The van der Waals surface area contributed by atoms with E-state index in [0.29, 0.717) is 29.1 Å². The molecule has 1 saturated heterocycles. The Morgan fingerprint density at radius 1 is 1.00 bits per heavy atom. The first-order chi connectivity index (χ1) is 14.1. The van der Waals surface area contributed by atoms with Crippen LogP contribution < -0.4 is 9.64 Å². The van der Waals surface area contributed by atoms with Gasteiger partial charge in [0.15, 0.2) is 12.4 Å². The second-order valence-corrected chi connectivity index (χ2v) is 7.23. The number of aliphatic hydroxyl groups is 1. The Morgan fingerprint density at radius 3 is 2.38 bits per heavy atom. The van der Waals surface area contributed by atoms with Crippen molar-refractivity contribution in [2.75, 3.05) is 31.2 Å². The van der Waals surface area contributed by atoms with E-state index < -0.39 is 12.4 Å². The zero-order chi connectivity index (χ0) is 20.4. The maximum absolute atomic E-state index is 12.5. The number of carbonyl (C=O) groups is 3. The minimum atomic E-state index is -0.597. The van der Waals surface area contributed by atoms with Gasteiger partial charge in [-0.15, -0.1) is 0 Å². The number of fused-ring (bicyclic) bond motifs is 1. The number of hydrogen-bond donors (Lipinski definition) is 1. The number of nitrogens with zero attached hydrogens (tertiary/aromatic N) is 2. The lowest BCUT2D eigenvalue weighted by Gasteiger charge is -2.30. The summed E-state index contributed by atoms with van der Waals surface area (Å²) in [6.45, 7) is 1.22. The molecule has 4 rings (SSSR count). The lowest BCUT2D eigenvalue weighted by molar-refractivity contribution is -0.121. The van der Waals surface area contributed by atoms with E-state index in [0.717, 1.165) is 31.5 Å². The number of rotatable bonds is 5. The summed E-state index contributed by atoms with van der Waals surface area (Å²) in [6, 6.07) is 12.0. The van der Waals surface area contributed by atoms with Gasteiger partial charge >= 0.3 is 0 Å². The molecule has 0 radical (unpaired) electrons. The Balaban J connectivity index is 1.55. The molecule has 7 nitrogen and oxygen atoms in total. The first-order valence-corrected chi connectivity index (χ1v) is 9.66. The Morgan fingerprint density at radius 2 is 1.69 bits per heavy atom. The van der Waals surface area contributed by atoms with Gasteiger partial charge in [0.1, 0.15) is 12.4 Å².